The van der Waals surface area contributed by atoms with Gasteiger partial charge in [0.1, 0.15) is 0 Å². The molecular weight excluding hydrogens is 375 g/mol. The third-order valence-electron chi connectivity index (χ3n) is 3.73. The second kappa shape index (κ2) is 8.32. The molecule has 3 aromatic rings. The highest BCUT2D eigenvalue weighted by Crippen LogP contribution is 2.52. The molecule has 0 bridgehead atoms. The maximum absolute atomic E-state index is 6.19. The molecule has 0 N–H and O–H groups in total. The molecule has 0 spiro atoms. The van der Waals surface area contributed by atoms with Crippen LogP contribution in [-0.4, -0.2) is 7.05 Å². The number of anilines is 1. The van der Waals surface area contributed by atoms with Crippen molar-refractivity contribution >= 4 is 58.8 Å². The van der Waals surface area contributed by atoms with Gasteiger partial charge < -0.3 is 4.67 Å². The molecule has 5 heteroatoms. The summed E-state index contributed by atoms with van der Waals surface area (Å²) in [4.78, 5) is 0. The van der Waals surface area contributed by atoms with Crippen molar-refractivity contribution in [1.29, 1.82) is 0 Å². The van der Waals surface area contributed by atoms with Gasteiger partial charge in [0.2, 0.25) is 0 Å². The maximum Gasteiger partial charge on any atom is 0.187 e. The zero-order chi connectivity index (χ0) is 16.9. The number of hydrogen-bond donors (Lipinski definition) is 0. The summed E-state index contributed by atoms with van der Waals surface area (Å²) in [5.41, 5.74) is 1.09. The van der Waals surface area contributed by atoms with Gasteiger partial charge in [-0.2, -0.15) is 0 Å². The summed E-state index contributed by atoms with van der Waals surface area (Å²) < 4.78 is 1.97. The van der Waals surface area contributed by atoms with Gasteiger partial charge in [0, 0.05) is 18.0 Å². The Morgan fingerprint density at radius 2 is 1.12 bits per heavy atom. The lowest BCUT2D eigenvalue weighted by Gasteiger charge is -2.27. The molecule has 0 unspecified atom stereocenters. The predicted octanol–water partition coefficient (Wildman–Crippen LogP) is 5.59. The largest absolute Gasteiger partial charge is 0.328 e. The monoisotopic (exact) mass is 391 g/mol. The van der Waals surface area contributed by atoms with Gasteiger partial charge >= 0.3 is 0 Å². The molecule has 0 fully saturated rings. The standard InChI is InChI=1S/C19H17Cl2NP2/c1-22(24(20)21)18-14-8-9-15-19(18)23(16-10-4-2-5-11-16)17-12-6-3-7-13-17/h2-15H,1H3. The van der Waals surface area contributed by atoms with E-state index in [4.69, 9.17) is 22.5 Å². The lowest BCUT2D eigenvalue weighted by molar-refractivity contribution is 1.37. The molecule has 0 heterocycles. The third-order valence-corrected chi connectivity index (χ3v) is 8.25. The minimum Gasteiger partial charge on any atom is -0.328 e. The number of rotatable bonds is 5. The van der Waals surface area contributed by atoms with Gasteiger partial charge in [-0.25, -0.2) is 0 Å². The number of benzene rings is 3. The average molecular weight is 392 g/mol. The SMILES string of the molecule is CN(c1ccccc1P(c1ccccc1)c1ccccc1)P(Cl)Cl. The van der Waals surface area contributed by atoms with Crippen LogP contribution in [0.4, 0.5) is 5.69 Å². The fraction of sp³-hybridized carbons (Fsp3) is 0.0526. The summed E-state index contributed by atoms with van der Waals surface area (Å²) in [5, 5.41) is 3.89. The molecule has 0 amide bonds. The Morgan fingerprint density at radius 3 is 1.62 bits per heavy atom. The number of halogens is 2. The Hall–Kier alpha value is -1.10. The number of nitrogens with zero attached hydrogens (tertiary/aromatic N) is 1. The van der Waals surface area contributed by atoms with Crippen LogP contribution in [0.25, 0.3) is 0 Å². The first kappa shape index (κ1) is 17.7. The second-order valence-corrected chi connectivity index (χ2v) is 10.9. The molecule has 0 saturated heterocycles. The lowest BCUT2D eigenvalue weighted by Crippen LogP contribution is -2.24. The van der Waals surface area contributed by atoms with Gasteiger partial charge in [0.25, 0.3) is 0 Å². The maximum atomic E-state index is 6.19. The van der Waals surface area contributed by atoms with E-state index in [1.807, 2.05) is 17.8 Å². The van der Waals surface area contributed by atoms with E-state index in [-0.39, 0.29) is 0 Å². The zero-order valence-corrected chi connectivity index (χ0v) is 16.5. The van der Waals surface area contributed by atoms with E-state index >= 15 is 0 Å². The average Bonchev–Trinajstić information content (AvgIpc) is 2.63. The van der Waals surface area contributed by atoms with E-state index in [1.54, 1.807) is 0 Å². The second-order valence-electron chi connectivity index (χ2n) is 5.23. The molecule has 3 rings (SSSR count). The van der Waals surface area contributed by atoms with Crippen LogP contribution in [0.2, 0.25) is 0 Å². The molecule has 0 saturated carbocycles. The summed E-state index contributed by atoms with van der Waals surface area (Å²) >= 11 is 12.4. The molecule has 122 valence electrons. The smallest absolute Gasteiger partial charge is 0.187 e. The Bertz CT molecular complexity index is 742. The van der Waals surface area contributed by atoms with Crippen LogP contribution in [0.15, 0.2) is 84.9 Å². The molecule has 1 nitrogen and oxygen atoms in total. The van der Waals surface area contributed by atoms with Gasteiger partial charge in [-0.3, -0.25) is 0 Å². The topological polar surface area (TPSA) is 3.24 Å². The van der Waals surface area contributed by atoms with Crippen molar-refractivity contribution in [3.05, 3.63) is 84.9 Å². The van der Waals surface area contributed by atoms with Crippen molar-refractivity contribution in [2.75, 3.05) is 11.7 Å². The first-order valence-electron chi connectivity index (χ1n) is 7.53. The molecule has 0 atom stereocenters. The molecule has 3 aromatic carbocycles. The highest BCUT2D eigenvalue weighted by molar-refractivity contribution is 8.04. The first-order chi connectivity index (χ1) is 11.7. The molecule has 0 aromatic heterocycles. The summed E-state index contributed by atoms with van der Waals surface area (Å²) in [6.45, 7) is -1.23. The Kier molecular flexibility index (Phi) is 6.14. The Morgan fingerprint density at radius 1 is 0.667 bits per heavy atom. The molecule has 0 aliphatic rings. The fourth-order valence-corrected chi connectivity index (χ4v) is 5.98. The van der Waals surface area contributed by atoms with Crippen LogP contribution < -0.4 is 20.6 Å². The van der Waals surface area contributed by atoms with E-state index < -0.39 is 14.7 Å². The van der Waals surface area contributed by atoms with Crippen LogP contribution in [0.1, 0.15) is 0 Å². The van der Waals surface area contributed by atoms with E-state index in [1.165, 1.54) is 15.9 Å². The van der Waals surface area contributed by atoms with E-state index in [0.717, 1.165) is 5.69 Å². The highest BCUT2D eigenvalue weighted by atomic mass is 35.9. The van der Waals surface area contributed by atoms with E-state index in [2.05, 4.69) is 78.9 Å². The number of para-hydroxylation sites is 1. The van der Waals surface area contributed by atoms with Crippen molar-refractivity contribution < 1.29 is 0 Å². The zero-order valence-electron chi connectivity index (χ0n) is 13.2. The Balaban J connectivity index is 2.18. The fourth-order valence-electron chi connectivity index (χ4n) is 2.59. The van der Waals surface area contributed by atoms with Crippen molar-refractivity contribution in [3.63, 3.8) is 0 Å². The minimum absolute atomic E-state index is 0.673. The summed E-state index contributed by atoms with van der Waals surface area (Å²) in [6.07, 6.45) is 0. The van der Waals surface area contributed by atoms with Crippen LogP contribution in [0.5, 0.6) is 0 Å². The molecular formula is C19H17Cl2NP2. The van der Waals surface area contributed by atoms with Crippen molar-refractivity contribution in [2.24, 2.45) is 0 Å². The predicted molar refractivity (Wildman–Crippen MR) is 112 cm³/mol. The van der Waals surface area contributed by atoms with Crippen molar-refractivity contribution in [3.8, 4) is 0 Å². The third kappa shape index (κ3) is 3.93. The Labute approximate surface area is 155 Å². The highest BCUT2D eigenvalue weighted by Gasteiger charge is 2.22. The lowest BCUT2D eigenvalue weighted by atomic mass is 10.3. The van der Waals surface area contributed by atoms with Gasteiger partial charge in [-0.05, 0) is 24.6 Å². The van der Waals surface area contributed by atoms with Gasteiger partial charge in [-0.1, -0.05) is 101 Å². The van der Waals surface area contributed by atoms with Crippen LogP contribution >= 0.6 is 37.2 Å². The van der Waals surface area contributed by atoms with Gasteiger partial charge in [-0.15, -0.1) is 0 Å². The molecule has 0 aliphatic carbocycles. The molecule has 24 heavy (non-hydrogen) atoms. The van der Waals surface area contributed by atoms with Crippen molar-refractivity contribution in [1.82, 2.24) is 0 Å². The van der Waals surface area contributed by atoms with Crippen LogP contribution in [0.3, 0.4) is 0 Å². The van der Waals surface area contributed by atoms with Crippen LogP contribution in [-0.2, 0) is 0 Å². The van der Waals surface area contributed by atoms with Crippen molar-refractivity contribution in [2.45, 2.75) is 0 Å². The van der Waals surface area contributed by atoms with E-state index in [9.17, 15) is 0 Å². The quantitative estimate of drug-likeness (QED) is 0.512. The van der Waals surface area contributed by atoms with E-state index in [0.29, 0.717) is 0 Å². The van der Waals surface area contributed by atoms with Crippen LogP contribution in [0, 0.1) is 0 Å². The first-order valence-corrected chi connectivity index (χ1v) is 12.0. The van der Waals surface area contributed by atoms with Gasteiger partial charge in [0.15, 0.2) is 6.78 Å². The molecule has 0 aliphatic heterocycles. The minimum atomic E-state index is -1.23. The summed E-state index contributed by atoms with van der Waals surface area (Å²) in [5.74, 6) is 0. The number of hydrogen-bond acceptors (Lipinski definition) is 1. The molecule has 0 radical (unpaired) electrons. The summed E-state index contributed by atoms with van der Waals surface area (Å²) in [7, 11) is 1.28. The normalized spacial score (nSPS) is 11.0. The summed E-state index contributed by atoms with van der Waals surface area (Å²) in [6, 6.07) is 29.6. The van der Waals surface area contributed by atoms with Gasteiger partial charge in [0.05, 0.1) is 0 Å².